The number of rotatable bonds is 6. The molecule has 1 aliphatic carbocycles. The zero-order valence-electron chi connectivity index (χ0n) is 14.2. The summed E-state index contributed by atoms with van der Waals surface area (Å²) in [7, 11) is 1.51. The number of nitrogens with one attached hydrogen (secondary N) is 2. The number of hydrogen-bond donors (Lipinski definition) is 2. The van der Waals surface area contributed by atoms with Gasteiger partial charge in [-0.3, -0.25) is 10.1 Å². The standard InChI is InChI=1S/C16H19BrN6O3/c1-26-15-12(7-10(17)8-18-15)21-16-19-9-13(23(24)25)14(22-16)20-11-5-3-2-4-6-11/h7-9,11H,2-6H2,1H3,(H2,19,20,21,22). The fraction of sp³-hybridized carbons (Fsp3) is 0.438. The highest BCUT2D eigenvalue weighted by atomic mass is 79.9. The van der Waals surface area contributed by atoms with E-state index in [-0.39, 0.29) is 23.5 Å². The van der Waals surface area contributed by atoms with Gasteiger partial charge in [-0.15, -0.1) is 0 Å². The topological polar surface area (TPSA) is 115 Å². The van der Waals surface area contributed by atoms with Gasteiger partial charge in [-0.2, -0.15) is 4.98 Å². The zero-order valence-corrected chi connectivity index (χ0v) is 15.8. The Bertz CT molecular complexity index is 798. The molecule has 0 saturated heterocycles. The first-order valence-corrected chi connectivity index (χ1v) is 9.10. The number of hydrogen-bond acceptors (Lipinski definition) is 8. The third-order valence-electron chi connectivity index (χ3n) is 4.17. The first-order chi connectivity index (χ1) is 12.6. The highest BCUT2D eigenvalue weighted by Crippen LogP contribution is 2.30. The lowest BCUT2D eigenvalue weighted by Crippen LogP contribution is -2.23. The molecule has 0 bridgehead atoms. The minimum atomic E-state index is -0.476. The molecule has 0 spiro atoms. The molecule has 0 radical (unpaired) electrons. The van der Waals surface area contributed by atoms with Crippen LogP contribution in [0.5, 0.6) is 5.88 Å². The van der Waals surface area contributed by atoms with E-state index in [0.29, 0.717) is 11.6 Å². The molecule has 2 heterocycles. The van der Waals surface area contributed by atoms with Crippen molar-refractivity contribution in [1.29, 1.82) is 0 Å². The second-order valence-corrected chi connectivity index (χ2v) is 6.91. The molecule has 0 atom stereocenters. The van der Waals surface area contributed by atoms with E-state index in [9.17, 15) is 10.1 Å². The molecule has 10 heteroatoms. The molecule has 3 rings (SSSR count). The lowest BCUT2D eigenvalue weighted by molar-refractivity contribution is -0.384. The molecule has 0 aromatic carbocycles. The predicted octanol–water partition coefficient (Wildman–Crippen LogP) is 4.04. The molecule has 26 heavy (non-hydrogen) atoms. The van der Waals surface area contributed by atoms with Gasteiger partial charge in [0.15, 0.2) is 0 Å². The van der Waals surface area contributed by atoms with Gasteiger partial charge in [-0.25, -0.2) is 9.97 Å². The molecule has 2 aromatic heterocycles. The fourth-order valence-corrected chi connectivity index (χ4v) is 3.25. The Morgan fingerprint density at radius 2 is 2.04 bits per heavy atom. The van der Waals surface area contributed by atoms with E-state index in [1.165, 1.54) is 19.7 Å². The van der Waals surface area contributed by atoms with Crippen molar-refractivity contribution in [3.8, 4) is 5.88 Å². The maximum Gasteiger partial charge on any atom is 0.329 e. The van der Waals surface area contributed by atoms with Crippen LogP contribution in [0, 0.1) is 10.1 Å². The second-order valence-electron chi connectivity index (χ2n) is 6.00. The number of aromatic nitrogens is 3. The Labute approximate surface area is 158 Å². The Morgan fingerprint density at radius 3 is 2.73 bits per heavy atom. The van der Waals surface area contributed by atoms with Crippen molar-refractivity contribution >= 4 is 39.1 Å². The molecule has 0 unspecified atom stereocenters. The fourth-order valence-electron chi connectivity index (χ4n) is 2.92. The zero-order chi connectivity index (χ0) is 18.5. The maximum absolute atomic E-state index is 11.3. The van der Waals surface area contributed by atoms with Crippen LogP contribution in [0.25, 0.3) is 0 Å². The monoisotopic (exact) mass is 422 g/mol. The van der Waals surface area contributed by atoms with E-state index >= 15 is 0 Å². The summed E-state index contributed by atoms with van der Waals surface area (Å²) in [6.07, 6.45) is 8.20. The number of ether oxygens (including phenoxy) is 1. The largest absolute Gasteiger partial charge is 0.480 e. The summed E-state index contributed by atoms with van der Waals surface area (Å²) in [5.74, 6) is 0.824. The average molecular weight is 423 g/mol. The van der Waals surface area contributed by atoms with Crippen LogP contribution < -0.4 is 15.4 Å². The first-order valence-electron chi connectivity index (χ1n) is 8.31. The summed E-state index contributed by atoms with van der Waals surface area (Å²) in [6, 6.07) is 1.96. The van der Waals surface area contributed by atoms with Crippen LogP contribution >= 0.6 is 15.9 Å². The van der Waals surface area contributed by atoms with Gasteiger partial charge in [0.2, 0.25) is 17.6 Å². The normalized spacial score (nSPS) is 14.7. The summed E-state index contributed by atoms with van der Waals surface area (Å²) >= 11 is 3.35. The summed E-state index contributed by atoms with van der Waals surface area (Å²) in [6.45, 7) is 0. The number of halogens is 1. The van der Waals surface area contributed by atoms with Crippen LogP contribution in [-0.2, 0) is 0 Å². The van der Waals surface area contributed by atoms with Crippen LogP contribution in [0.4, 0.5) is 23.1 Å². The van der Waals surface area contributed by atoms with E-state index in [0.717, 1.165) is 30.2 Å². The summed E-state index contributed by atoms with van der Waals surface area (Å²) in [4.78, 5) is 23.3. The van der Waals surface area contributed by atoms with Crippen LogP contribution in [0.1, 0.15) is 32.1 Å². The van der Waals surface area contributed by atoms with Crippen molar-refractivity contribution in [2.45, 2.75) is 38.1 Å². The second kappa shape index (κ2) is 8.26. The molecule has 1 saturated carbocycles. The molecule has 2 aromatic rings. The molecule has 0 aliphatic heterocycles. The van der Waals surface area contributed by atoms with Crippen molar-refractivity contribution in [1.82, 2.24) is 15.0 Å². The first kappa shape index (κ1) is 18.3. The van der Waals surface area contributed by atoms with Gasteiger partial charge in [0.1, 0.15) is 11.9 Å². The number of anilines is 3. The van der Waals surface area contributed by atoms with Crippen LogP contribution in [0.2, 0.25) is 0 Å². The summed E-state index contributed by atoms with van der Waals surface area (Å²) < 4.78 is 5.97. The number of pyridine rings is 1. The van der Waals surface area contributed by atoms with Crippen molar-refractivity contribution in [2.75, 3.05) is 17.7 Å². The minimum absolute atomic E-state index is 0.138. The van der Waals surface area contributed by atoms with Crippen molar-refractivity contribution in [3.63, 3.8) is 0 Å². The maximum atomic E-state index is 11.3. The number of methoxy groups -OCH3 is 1. The van der Waals surface area contributed by atoms with Gasteiger partial charge < -0.3 is 15.4 Å². The molecule has 1 fully saturated rings. The van der Waals surface area contributed by atoms with Crippen LogP contribution in [0.15, 0.2) is 22.9 Å². The SMILES string of the molecule is COc1ncc(Br)cc1Nc1ncc([N+](=O)[O-])c(NC2CCCCC2)n1. The van der Waals surface area contributed by atoms with Gasteiger partial charge in [0, 0.05) is 16.7 Å². The molecule has 9 nitrogen and oxygen atoms in total. The molecule has 2 N–H and O–H groups in total. The highest BCUT2D eigenvalue weighted by molar-refractivity contribution is 9.10. The lowest BCUT2D eigenvalue weighted by atomic mass is 9.95. The van der Waals surface area contributed by atoms with Crippen LogP contribution in [0.3, 0.4) is 0 Å². The molecular weight excluding hydrogens is 404 g/mol. The Kier molecular flexibility index (Phi) is 5.82. The van der Waals surface area contributed by atoms with E-state index in [2.05, 4.69) is 41.5 Å². The average Bonchev–Trinajstić information content (AvgIpc) is 2.63. The summed E-state index contributed by atoms with van der Waals surface area (Å²) in [5.41, 5.74) is 0.416. The van der Waals surface area contributed by atoms with Crippen molar-refractivity contribution in [2.24, 2.45) is 0 Å². The highest BCUT2D eigenvalue weighted by Gasteiger charge is 2.22. The van der Waals surface area contributed by atoms with Crippen molar-refractivity contribution < 1.29 is 9.66 Å². The third kappa shape index (κ3) is 4.37. The number of nitro groups is 1. The Morgan fingerprint density at radius 1 is 1.27 bits per heavy atom. The van der Waals surface area contributed by atoms with E-state index in [4.69, 9.17) is 4.74 Å². The molecule has 138 valence electrons. The van der Waals surface area contributed by atoms with Gasteiger partial charge in [-0.1, -0.05) is 19.3 Å². The van der Waals surface area contributed by atoms with E-state index in [1.807, 2.05) is 0 Å². The van der Waals surface area contributed by atoms with Gasteiger partial charge in [0.25, 0.3) is 0 Å². The Balaban J connectivity index is 1.87. The van der Waals surface area contributed by atoms with Gasteiger partial charge in [0.05, 0.1) is 12.0 Å². The predicted molar refractivity (Wildman–Crippen MR) is 101 cm³/mol. The minimum Gasteiger partial charge on any atom is -0.480 e. The Hall–Kier alpha value is -2.49. The molecule has 1 aliphatic rings. The molecule has 0 amide bonds. The quantitative estimate of drug-likeness (QED) is 0.529. The summed E-state index contributed by atoms with van der Waals surface area (Å²) in [5, 5.41) is 17.5. The van der Waals surface area contributed by atoms with E-state index in [1.54, 1.807) is 12.3 Å². The number of nitrogens with zero attached hydrogens (tertiary/aromatic N) is 4. The van der Waals surface area contributed by atoms with E-state index < -0.39 is 4.92 Å². The molecular formula is C16H19BrN6O3. The third-order valence-corrected chi connectivity index (χ3v) is 4.60. The van der Waals surface area contributed by atoms with Gasteiger partial charge in [-0.05, 0) is 34.8 Å². The lowest BCUT2D eigenvalue weighted by Gasteiger charge is -2.23. The van der Waals surface area contributed by atoms with Crippen LogP contribution in [-0.4, -0.2) is 33.0 Å². The van der Waals surface area contributed by atoms with Gasteiger partial charge >= 0.3 is 5.69 Å². The van der Waals surface area contributed by atoms with Crippen molar-refractivity contribution in [3.05, 3.63) is 33.0 Å². The smallest absolute Gasteiger partial charge is 0.329 e.